The first kappa shape index (κ1) is 29.1. The van der Waals surface area contributed by atoms with Crippen molar-refractivity contribution in [1.82, 2.24) is 20.0 Å². The number of benzene rings is 2. The number of methoxy groups -OCH3 is 2. The van der Waals surface area contributed by atoms with Crippen LogP contribution in [0.5, 0.6) is 11.5 Å². The quantitative estimate of drug-likeness (QED) is 0.368. The van der Waals surface area contributed by atoms with Gasteiger partial charge in [0.1, 0.15) is 6.54 Å². The van der Waals surface area contributed by atoms with Gasteiger partial charge in [0.15, 0.2) is 17.3 Å². The summed E-state index contributed by atoms with van der Waals surface area (Å²) >= 11 is 5.99. The highest BCUT2D eigenvalue weighted by atomic mass is 35.5. The Kier molecular flexibility index (Phi) is 9.82. The van der Waals surface area contributed by atoms with Gasteiger partial charge in [-0.25, -0.2) is 0 Å². The molecule has 0 spiro atoms. The van der Waals surface area contributed by atoms with Gasteiger partial charge < -0.3 is 24.2 Å². The molecule has 1 aliphatic heterocycles. The van der Waals surface area contributed by atoms with Crippen LogP contribution < -0.4 is 14.4 Å². The van der Waals surface area contributed by atoms with E-state index in [1.165, 1.54) is 0 Å². The number of hydrogen-bond donors (Lipinski definition) is 0. The number of ether oxygens (including phenoxy) is 2. The highest BCUT2D eigenvalue weighted by molar-refractivity contribution is 6.30. The first-order chi connectivity index (χ1) is 19.3. The molecule has 0 N–H and O–H groups in total. The summed E-state index contributed by atoms with van der Waals surface area (Å²) in [5.74, 6) is 1.82. The van der Waals surface area contributed by atoms with Crippen LogP contribution >= 0.6 is 11.6 Å². The molecule has 1 aliphatic rings. The zero-order valence-electron chi connectivity index (χ0n) is 23.5. The Morgan fingerprint density at radius 2 is 1.70 bits per heavy atom. The molecule has 4 rings (SSSR count). The number of anilines is 1. The fraction of sp³-hybridized carbons (Fsp3) is 0.400. The first-order valence-corrected chi connectivity index (χ1v) is 13.9. The van der Waals surface area contributed by atoms with Crippen LogP contribution in [0.1, 0.15) is 37.0 Å². The highest BCUT2D eigenvalue weighted by Gasteiger charge is 2.27. The van der Waals surface area contributed by atoms with Crippen LogP contribution in [0.2, 0.25) is 5.02 Å². The number of amides is 2. The van der Waals surface area contributed by atoms with Crippen LogP contribution in [-0.4, -0.2) is 84.8 Å². The third-order valence-electron chi connectivity index (χ3n) is 7.28. The SMILES string of the molecule is CC[C@@H](C)N(CC(=O)N1CCCN(c2ccc(-c3ccc(OC)c(OC)c3)nn2)CC1)C(=O)c1ccc(Cl)cc1. The fourth-order valence-corrected chi connectivity index (χ4v) is 4.82. The average molecular weight is 566 g/mol. The molecule has 9 nitrogen and oxygen atoms in total. The number of aromatic nitrogens is 2. The second kappa shape index (κ2) is 13.5. The van der Waals surface area contributed by atoms with Crippen LogP contribution in [0.3, 0.4) is 0 Å². The number of rotatable bonds is 9. The van der Waals surface area contributed by atoms with Crippen LogP contribution in [0, 0.1) is 0 Å². The molecule has 1 saturated heterocycles. The van der Waals surface area contributed by atoms with Crippen molar-refractivity contribution < 1.29 is 19.1 Å². The molecule has 0 bridgehead atoms. The van der Waals surface area contributed by atoms with E-state index >= 15 is 0 Å². The molecule has 0 aliphatic carbocycles. The smallest absolute Gasteiger partial charge is 0.254 e. The molecule has 0 radical (unpaired) electrons. The molecule has 2 aromatic carbocycles. The van der Waals surface area contributed by atoms with Crippen LogP contribution in [0.25, 0.3) is 11.3 Å². The lowest BCUT2D eigenvalue weighted by molar-refractivity contribution is -0.132. The summed E-state index contributed by atoms with van der Waals surface area (Å²) in [5.41, 5.74) is 2.13. The Bertz CT molecular complexity index is 1300. The molecule has 3 aromatic rings. The normalized spacial score (nSPS) is 14.3. The molecule has 40 heavy (non-hydrogen) atoms. The summed E-state index contributed by atoms with van der Waals surface area (Å²) in [6.45, 7) is 6.57. The topological polar surface area (TPSA) is 88.1 Å². The molecule has 1 atom stereocenters. The van der Waals surface area contributed by atoms with Gasteiger partial charge in [-0.15, -0.1) is 10.2 Å². The zero-order valence-corrected chi connectivity index (χ0v) is 24.2. The summed E-state index contributed by atoms with van der Waals surface area (Å²) in [7, 11) is 3.20. The van der Waals surface area contributed by atoms with Gasteiger partial charge in [0.25, 0.3) is 5.91 Å². The predicted molar refractivity (Wildman–Crippen MR) is 156 cm³/mol. The van der Waals surface area contributed by atoms with E-state index in [0.717, 1.165) is 36.5 Å². The maximum absolute atomic E-state index is 13.4. The summed E-state index contributed by atoms with van der Waals surface area (Å²) in [6.07, 6.45) is 1.54. The van der Waals surface area contributed by atoms with Gasteiger partial charge in [-0.3, -0.25) is 9.59 Å². The fourth-order valence-electron chi connectivity index (χ4n) is 4.69. The molecule has 212 valence electrons. The van der Waals surface area contributed by atoms with Gasteiger partial charge in [0.05, 0.1) is 19.9 Å². The maximum Gasteiger partial charge on any atom is 0.254 e. The summed E-state index contributed by atoms with van der Waals surface area (Å²) in [5, 5.41) is 9.48. The van der Waals surface area contributed by atoms with Crippen LogP contribution in [0.15, 0.2) is 54.6 Å². The van der Waals surface area contributed by atoms with Crippen molar-refractivity contribution in [3.63, 3.8) is 0 Å². The van der Waals surface area contributed by atoms with Crippen molar-refractivity contribution in [1.29, 1.82) is 0 Å². The monoisotopic (exact) mass is 565 g/mol. The Morgan fingerprint density at radius 3 is 2.35 bits per heavy atom. The Hall–Kier alpha value is -3.85. The molecular weight excluding hydrogens is 530 g/mol. The number of halogens is 1. The summed E-state index contributed by atoms with van der Waals surface area (Å²) in [6, 6.07) is 16.2. The summed E-state index contributed by atoms with van der Waals surface area (Å²) in [4.78, 5) is 32.3. The number of nitrogens with zero attached hydrogens (tertiary/aromatic N) is 5. The second-order valence-electron chi connectivity index (χ2n) is 9.77. The minimum absolute atomic E-state index is 0.0380. The molecule has 2 heterocycles. The Labute approximate surface area is 240 Å². The zero-order chi connectivity index (χ0) is 28.6. The number of carbonyl (C=O) groups excluding carboxylic acids is 2. The molecule has 1 aromatic heterocycles. The molecule has 0 unspecified atom stereocenters. The standard InChI is InChI=1S/C30H36ClN5O4/c1-5-21(2)36(30(38)22-7-10-24(31)11-8-22)20-29(37)35-16-6-15-34(17-18-35)28-14-12-25(32-33-28)23-9-13-26(39-3)27(19-23)40-4/h7-14,19,21H,5-6,15-18,20H2,1-4H3/t21-/m1/s1. The van der Waals surface area contributed by atoms with Crippen molar-refractivity contribution in [2.75, 3.05) is 51.8 Å². The first-order valence-electron chi connectivity index (χ1n) is 13.5. The average Bonchev–Trinajstić information content (AvgIpc) is 3.26. The maximum atomic E-state index is 13.4. The van der Waals surface area contributed by atoms with Crippen molar-refractivity contribution in [3.05, 3.63) is 65.2 Å². The van der Waals surface area contributed by atoms with Gasteiger partial charge in [-0.2, -0.15) is 0 Å². The van der Waals surface area contributed by atoms with Gasteiger partial charge in [0.2, 0.25) is 5.91 Å². The van der Waals surface area contributed by atoms with Gasteiger partial charge in [-0.1, -0.05) is 18.5 Å². The predicted octanol–water partition coefficient (Wildman–Crippen LogP) is 4.79. The van der Waals surface area contributed by atoms with Crippen molar-refractivity contribution in [2.24, 2.45) is 0 Å². The second-order valence-corrected chi connectivity index (χ2v) is 10.2. The van der Waals surface area contributed by atoms with Crippen molar-refractivity contribution in [2.45, 2.75) is 32.7 Å². The lowest BCUT2D eigenvalue weighted by atomic mass is 10.1. The van der Waals surface area contributed by atoms with Crippen LogP contribution in [0.4, 0.5) is 5.82 Å². The molecule has 2 amide bonds. The molecule has 10 heteroatoms. The third kappa shape index (κ3) is 6.83. The van der Waals surface area contributed by atoms with Gasteiger partial charge >= 0.3 is 0 Å². The highest BCUT2D eigenvalue weighted by Crippen LogP contribution is 2.31. The van der Waals surface area contributed by atoms with Crippen LogP contribution in [-0.2, 0) is 4.79 Å². The van der Waals surface area contributed by atoms with E-state index in [1.807, 2.05) is 49.1 Å². The van der Waals surface area contributed by atoms with E-state index in [-0.39, 0.29) is 24.4 Å². The number of hydrogen-bond acceptors (Lipinski definition) is 7. The molecule has 1 fully saturated rings. The van der Waals surface area contributed by atoms with E-state index in [9.17, 15) is 9.59 Å². The number of carbonyl (C=O) groups is 2. The van der Waals surface area contributed by atoms with E-state index in [0.29, 0.717) is 41.7 Å². The largest absolute Gasteiger partial charge is 0.493 e. The van der Waals surface area contributed by atoms with E-state index in [4.69, 9.17) is 21.1 Å². The van der Waals surface area contributed by atoms with E-state index in [2.05, 4.69) is 15.1 Å². The van der Waals surface area contributed by atoms with Crippen molar-refractivity contribution >= 4 is 29.2 Å². The van der Waals surface area contributed by atoms with E-state index in [1.54, 1.807) is 43.4 Å². The molecule has 0 saturated carbocycles. The lowest BCUT2D eigenvalue weighted by Gasteiger charge is -2.31. The van der Waals surface area contributed by atoms with E-state index < -0.39 is 0 Å². The van der Waals surface area contributed by atoms with Gasteiger partial charge in [0, 0.05) is 48.4 Å². The van der Waals surface area contributed by atoms with Gasteiger partial charge in [-0.05, 0) is 74.4 Å². The lowest BCUT2D eigenvalue weighted by Crippen LogP contribution is -2.47. The summed E-state index contributed by atoms with van der Waals surface area (Å²) < 4.78 is 10.7. The Balaban J connectivity index is 1.40. The Morgan fingerprint density at radius 1 is 0.950 bits per heavy atom. The minimum Gasteiger partial charge on any atom is -0.493 e. The third-order valence-corrected chi connectivity index (χ3v) is 7.53. The molecular formula is C30H36ClN5O4. The van der Waals surface area contributed by atoms with Crippen molar-refractivity contribution in [3.8, 4) is 22.8 Å². The minimum atomic E-state index is -0.166.